The van der Waals surface area contributed by atoms with Crippen LogP contribution >= 0.6 is 0 Å². The van der Waals surface area contributed by atoms with E-state index in [9.17, 15) is 5.11 Å². The first-order valence-electron chi connectivity index (χ1n) is 6.24. The Labute approximate surface area is 104 Å². The van der Waals surface area contributed by atoms with E-state index in [-0.39, 0.29) is 6.10 Å². The van der Waals surface area contributed by atoms with E-state index in [0.29, 0.717) is 6.54 Å². The van der Waals surface area contributed by atoms with Gasteiger partial charge in [-0.05, 0) is 32.0 Å². The third-order valence-corrected chi connectivity index (χ3v) is 2.75. The number of rotatable bonds is 6. The van der Waals surface area contributed by atoms with Crippen molar-refractivity contribution < 1.29 is 5.11 Å². The second-order valence-electron chi connectivity index (χ2n) is 4.64. The van der Waals surface area contributed by atoms with Gasteiger partial charge in [-0.1, -0.05) is 24.6 Å². The van der Waals surface area contributed by atoms with Gasteiger partial charge >= 0.3 is 0 Å². The van der Waals surface area contributed by atoms with Crippen molar-refractivity contribution >= 4 is 5.69 Å². The van der Waals surface area contributed by atoms with E-state index < -0.39 is 0 Å². The lowest BCUT2D eigenvalue weighted by Gasteiger charge is -2.24. The first kappa shape index (κ1) is 14.0. The average Bonchev–Trinajstić information content (AvgIpc) is 2.25. The molecule has 0 aliphatic carbocycles. The van der Waals surface area contributed by atoms with E-state index in [1.54, 1.807) is 0 Å². The fraction of sp³-hybridized carbons (Fsp3) is 0.571. The van der Waals surface area contributed by atoms with E-state index in [0.717, 1.165) is 13.1 Å². The lowest BCUT2D eigenvalue weighted by Crippen LogP contribution is -2.28. The first-order valence-corrected chi connectivity index (χ1v) is 6.24. The Balaban J connectivity index is 2.88. The molecule has 2 N–H and O–H groups in total. The number of anilines is 1. The van der Waals surface area contributed by atoms with Crippen molar-refractivity contribution in [3.8, 4) is 0 Å². The zero-order chi connectivity index (χ0) is 12.8. The quantitative estimate of drug-likeness (QED) is 0.792. The average molecular weight is 236 g/mol. The minimum atomic E-state index is -0.312. The van der Waals surface area contributed by atoms with E-state index in [4.69, 9.17) is 0 Å². The third kappa shape index (κ3) is 4.36. The van der Waals surface area contributed by atoms with Gasteiger partial charge in [-0.15, -0.1) is 0 Å². The summed E-state index contributed by atoms with van der Waals surface area (Å²) in [4.78, 5) is 2.11. The van der Waals surface area contributed by atoms with Crippen LogP contribution in [0.15, 0.2) is 18.2 Å². The number of aliphatic hydroxyl groups is 1. The summed E-state index contributed by atoms with van der Waals surface area (Å²) in [6.45, 7) is 8.52. The molecule has 0 aliphatic rings. The van der Waals surface area contributed by atoms with Crippen LogP contribution in [-0.4, -0.2) is 31.3 Å². The number of aliphatic hydroxyl groups excluding tert-OH is 1. The van der Waals surface area contributed by atoms with Crippen LogP contribution in [0.2, 0.25) is 0 Å². The molecule has 3 heteroatoms. The highest BCUT2D eigenvalue weighted by Crippen LogP contribution is 2.21. The normalized spacial score (nSPS) is 12.5. The van der Waals surface area contributed by atoms with Gasteiger partial charge in [-0.3, -0.25) is 0 Å². The van der Waals surface area contributed by atoms with Crippen LogP contribution in [0.25, 0.3) is 0 Å². The molecule has 1 aromatic rings. The lowest BCUT2D eigenvalue weighted by atomic mass is 10.1. The van der Waals surface area contributed by atoms with Crippen molar-refractivity contribution in [1.29, 1.82) is 0 Å². The summed E-state index contributed by atoms with van der Waals surface area (Å²) in [5.41, 5.74) is 3.75. The second kappa shape index (κ2) is 6.62. The Morgan fingerprint density at radius 2 is 2.12 bits per heavy atom. The Kier molecular flexibility index (Phi) is 5.45. The Morgan fingerprint density at radius 1 is 1.41 bits per heavy atom. The number of aryl methyl sites for hydroxylation is 1. The van der Waals surface area contributed by atoms with Gasteiger partial charge < -0.3 is 15.3 Å². The van der Waals surface area contributed by atoms with Crippen LogP contribution in [0.5, 0.6) is 0 Å². The number of nitrogens with one attached hydrogen (secondary N) is 1. The molecule has 3 nitrogen and oxygen atoms in total. The fourth-order valence-electron chi connectivity index (χ4n) is 1.98. The highest BCUT2D eigenvalue weighted by molar-refractivity contribution is 5.54. The maximum Gasteiger partial charge on any atom is 0.0686 e. The highest BCUT2D eigenvalue weighted by atomic mass is 16.3. The molecule has 0 bridgehead atoms. The standard InChI is InChI=1S/C14H24N2O/c1-5-15-9-13-8-11(2)6-7-14(13)16(4)10-12(3)17/h6-8,12,15,17H,5,9-10H2,1-4H3. The van der Waals surface area contributed by atoms with Gasteiger partial charge in [-0.2, -0.15) is 0 Å². The van der Waals surface area contributed by atoms with Crippen molar-refractivity contribution in [1.82, 2.24) is 5.32 Å². The molecule has 1 unspecified atom stereocenters. The number of hydrogen-bond donors (Lipinski definition) is 2. The van der Waals surface area contributed by atoms with Gasteiger partial charge in [-0.25, -0.2) is 0 Å². The molecule has 1 aromatic carbocycles. The summed E-state index contributed by atoms with van der Waals surface area (Å²) in [5.74, 6) is 0. The van der Waals surface area contributed by atoms with E-state index >= 15 is 0 Å². The molecule has 0 saturated carbocycles. The third-order valence-electron chi connectivity index (χ3n) is 2.75. The van der Waals surface area contributed by atoms with Gasteiger partial charge in [0.1, 0.15) is 0 Å². The molecular weight excluding hydrogens is 212 g/mol. The van der Waals surface area contributed by atoms with Crippen LogP contribution in [0.4, 0.5) is 5.69 Å². The molecular formula is C14H24N2O. The minimum absolute atomic E-state index is 0.312. The molecule has 0 saturated heterocycles. The fourth-order valence-corrected chi connectivity index (χ4v) is 1.98. The number of hydrogen-bond acceptors (Lipinski definition) is 3. The SMILES string of the molecule is CCNCc1cc(C)ccc1N(C)CC(C)O. The van der Waals surface area contributed by atoms with Crippen LogP contribution in [-0.2, 0) is 6.54 Å². The molecule has 96 valence electrons. The first-order chi connectivity index (χ1) is 8.04. The Hall–Kier alpha value is -1.06. The van der Waals surface area contributed by atoms with E-state index in [1.165, 1.54) is 16.8 Å². The van der Waals surface area contributed by atoms with Gasteiger partial charge in [0.15, 0.2) is 0 Å². The van der Waals surface area contributed by atoms with Crippen LogP contribution in [0, 0.1) is 6.92 Å². The largest absolute Gasteiger partial charge is 0.392 e. The maximum absolute atomic E-state index is 9.45. The van der Waals surface area contributed by atoms with Crippen molar-refractivity contribution in [3.05, 3.63) is 29.3 Å². The predicted octanol–water partition coefficient (Wildman–Crippen LogP) is 1.92. The summed E-state index contributed by atoms with van der Waals surface area (Å²) in [5, 5.41) is 12.8. The molecule has 0 radical (unpaired) electrons. The van der Waals surface area contributed by atoms with Gasteiger partial charge in [0.05, 0.1) is 6.10 Å². The van der Waals surface area contributed by atoms with Gasteiger partial charge in [0.25, 0.3) is 0 Å². The highest BCUT2D eigenvalue weighted by Gasteiger charge is 2.09. The molecule has 0 fully saturated rings. The summed E-state index contributed by atoms with van der Waals surface area (Å²) in [6.07, 6.45) is -0.312. The minimum Gasteiger partial charge on any atom is -0.392 e. The topological polar surface area (TPSA) is 35.5 Å². The lowest BCUT2D eigenvalue weighted by molar-refractivity contribution is 0.201. The summed E-state index contributed by atoms with van der Waals surface area (Å²) >= 11 is 0. The van der Waals surface area contributed by atoms with Crippen LogP contribution in [0.1, 0.15) is 25.0 Å². The van der Waals surface area contributed by atoms with Crippen LogP contribution < -0.4 is 10.2 Å². The van der Waals surface area contributed by atoms with E-state index in [2.05, 4.69) is 42.3 Å². The number of likely N-dealkylation sites (N-methyl/N-ethyl adjacent to an activating group) is 1. The van der Waals surface area contributed by atoms with Crippen molar-refractivity contribution in [3.63, 3.8) is 0 Å². The monoisotopic (exact) mass is 236 g/mol. The molecule has 1 rings (SSSR count). The molecule has 0 amide bonds. The number of benzene rings is 1. The maximum atomic E-state index is 9.45. The van der Waals surface area contributed by atoms with Crippen molar-refractivity contribution in [2.24, 2.45) is 0 Å². The second-order valence-corrected chi connectivity index (χ2v) is 4.64. The van der Waals surface area contributed by atoms with Gasteiger partial charge in [0, 0.05) is 25.8 Å². The molecule has 0 spiro atoms. The van der Waals surface area contributed by atoms with E-state index in [1.807, 2.05) is 14.0 Å². The number of nitrogens with zero attached hydrogens (tertiary/aromatic N) is 1. The molecule has 1 atom stereocenters. The van der Waals surface area contributed by atoms with Crippen molar-refractivity contribution in [2.45, 2.75) is 33.4 Å². The van der Waals surface area contributed by atoms with Crippen LogP contribution in [0.3, 0.4) is 0 Å². The zero-order valence-electron chi connectivity index (χ0n) is 11.3. The molecule has 0 aliphatic heterocycles. The summed E-state index contributed by atoms with van der Waals surface area (Å²) in [7, 11) is 2.02. The summed E-state index contributed by atoms with van der Waals surface area (Å²) in [6, 6.07) is 6.45. The molecule has 0 heterocycles. The van der Waals surface area contributed by atoms with Crippen molar-refractivity contribution in [2.75, 3.05) is 25.0 Å². The van der Waals surface area contributed by atoms with Gasteiger partial charge in [0.2, 0.25) is 0 Å². The Morgan fingerprint density at radius 3 is 2.71 bits per heavy atom. The Bertz CT molecular complexity index is 350. The summed E-state index contributed by atoms with van der Waals surface area (Å²) < 4.78 is 0. The smallest absolute Gasteiger partial charge is 0.0686 e. The molecule has 0 aromatic heterocycles. The zero-order valence-corrected chi connectivity index (χ0v) is 11.3. The molecule has 17 heavy (non-hydrogen) atoms. The predicted molar refractivity (Wildman–Crippen MR) is 73.5 cm³/mol.